The van der Waals surface area contributed by atoms with Gasteiger partial charge in [0.2, 0.25) is 0 Å². The predicted molar refractivity (Wildman–Crippen MR) is 73.1 cm³/mol. The summed E-state index contributed by atoms with van der Waals surface area (Å²) in [5.74, 6) is 1.34. The van der Waals surface area contributed by atoms with E-state index < -0.39 is 0 Å². The van der Waals surface area contributed by atoms with Crippen molar-refractivity contribution in [3.8, 4) is 0 Å². The molecule has 88 valence electrons. The van der Waals surface area contributed by atoms with Crippen LogP contribution in [0.15, 0.2) is 0 Å². The Balaban J connectivity index is 1.82. The first-order chi connectivity index (χ1) is 7.28. The molecule has 0 amide bonds. The van der Waals surface area contributed by atoms with Crippen molar-refractivity contribution in [2.75, 3.05) is 30.7 Å². The van der Waals surface area contributed by atoms with Gasteiger partial charge in [0.25, 0.3) is 0 Å². The standard InChI is InChI=1S/C12H22BrNS/c1-2-11-8-14(6-7-15-11)10-12(9-13)4-3-5-12/h11H,2-10H2,1H3. The fourth-order valence-electron chi connectivity index (χ4n) is 2.66. The van der Waals surface area contributed by atoms with Crippen molar-refractivity contribution in [1.82, 2.24) is 4.90 Å². The molecule has 0 spiro atoms. The molecule has 2 rings (SSSR count). The van der Waals surface area contributed by atoms with Crippen molar-refractivity contribution in [3.05, 3.63) is 0 Å². The zero-order valence-corrected chi connectivity index (χ0v) is 12.1. The van der Waals surface area contributed by atoms with Gasteiger partial charge in [0.15, 0.2) is 0 Å². The summed E-state index contributed by atoms with van der Waals surface area (Å²) in [5, 5.41) is 2.10. The van der Waals surface area contributed by atoms with Gasteiger partial charge in [0.1, 0.15) is 0 Å². The van der Waals surface area contributed by atoms with E-state index in [2.05, 4.69) is 39.5 Å². The first-order valence-corrected chi connectivity index (χ1v) is 8.35. The molecule has 0 N–H and O–H groups in total. The Labute approximate surface area is 106 Å². The summed E-state index contributed by atoms with van der Waals surface area (Å²) in [6.07, 6.45) is 5.67. The van der Waals surface area contributed by atoms with Gasteiger partial charge >= 0.3 is 0 Å². The molecule has 1 heterocycles. The Morgan fingerprint density at radius 1 is 1.47 bits per heavy atom. The van der Waals surface area contributed by atoms with E-state index >= 15 is 0 Å². The van der Waals surface area contributed by atoms with Gasteiger partial charge in [-0.1, -0.05) is 29.3 Å². The minimum absolute atomic E-state index is 0.639. The Morgan fingerprint density at radius 3 is 2.80 bits per heavy atom. The molecule has 1 aliphatic carbocycles. The summed E-state index contributed by atoms with van der Waals surface area (Å²) >= 11 is 5.88. The van der Waals surface area contributed by atoms with Crippen molar-refractivity contribution in [3.63, 3.8) is 0 Å². The van der Waals surface area contributed by atoms with Crippen LogP contribution in [0.25, 0.3) is 0 Å². The number of hydrogen-bond donors (Lipinski definition) is 0. The third kappa shape index (κ3) is 2.92. The van der Waals surface area contributed by atoms with Crippen LogP contribution in [-0.2, 0) is 0 Å². The van der Waals surface area contributed by atoms with Gasteiger partial charge in [-0.15, -0.1) is 0 Å². The molecule has 1 saturated heterocycles. The molecule has 0 aromatic carbocycles. The number of alkyl halides is 1. The van der Waals surface area contributed by atoms with E-state index in [1.807, 2.05) is 0 Å². The lowest BCUT2D eigenvalue weighted by Crippen LogP contribution is -2.48. The minimum atomic E-state index is 0.639. The molecule has 1 atom stereocenters. The molecule has 0 aromatic rings. The molecule has 15 heavy (non-hydrogen) atoms. The molecule has 3 heteroatoms. The van der Waals surface area contributed by atoms with Gasteiger partial charge in [0.05, 0.1) is 0 Å². The zero-order valence-electron chi connectivity index (χ0n) is 9.67. The first-order valence-electron chi connectivity index (χ1n) is 6.18. The van der Waals surface area contributed by atoms with E-state index in [0.717, 1.165) is 5.25 Å². The van der Waals surface area contributed by atoms with Crippen LogP contribution in [0.2, 0.25) is 0 Å². The lowest BCUT2D eigenvalue weighted by atomic mass is 9.70. The lowest BCUT2D eigenvalue weighted by Gasteiger charge is -2.45. The molecule has 1 nitrogen and oxygen atoms in total. The van der Waals surface area contributed by atoms with Gasteiger partial charge in [0, 0.05) is 36.0 Å². The van der Waals surface area contributed by atoms with Crippen LogP contribution in [-0.4, -0.2) is 40.9 Å². The second kappa shape index (κ2) is 5.42. The minimum Gasteiger partial charge on any atom is -0.301 e. The SMILES string of the molecule is CCC1CN(CC2(CBr)CCC2)CCS1. The van der Waals surface area contributed by atoms with Crippen molar-refractivity contribution in [2.24, 2.45) is 5.41 Å². The highest BCUT2D eigenvalue weighted by atomic mass is 79.9. The second-order valence-corrected chi connectivity index (χ2v) is 7.09. The molecule has 2 aliphatic rings. The molecular weight excluding hydrogens is 270 g/mol. The van der Waals surface area contributed by atoms with Gasteiger partial charge in [-0.25, -0.2) is 0 Å². The number of hydrogen-bond acceptors (Lipinski definition) is 2. The fraction of sp³-hybridized carbons (Fsp3) is 1.00. The summed E-state index contributed by atoms with van der Waals surface area (Å²) in [4.78, 5) is 2.71. The molecular formula is C12H22BrNS. The van der Waals surface area contributed by atoms with E-state index in [9.17, 15) is 0 Å². The average molecular weight is 292 g/mol. The van der Waals surface area contributed by atoms with Crippen molar-refractivity contribution in [1.29, 1.82) is 0 Å². The zero-order chi connectivity index (χ0) is 10.7. The number of nitrogens with zero attached hydrogens (tertiary/aromatic N) is 1. The van der Waals surface area contributed by atoms with Crippen LogP contribution in [0.4, 0.5) is 0 Å². The van der Waals surface area contributed by atoms with E-state index in [1.54, 1.807) is 0 Å². The van der Waals surface area contributed by atoms with Gasteiger partial charge in [-0.05, 0) is 24.7 Å². The van der Waals surface area contributed by atoms with E-state index in [1.165, 1.54) is 56.4 Å². The average Bonchev–Trinajstić information content (AvgIpc) is 2.24. The highest BCUT2D eigenvalue weighted by Crippen LogP contribution is 2.43. The van der Waals surface area contributed by atoms with E-state index in [0.29, 0.717) is 5.41 Å². The maximum atomic E-state index is 3.71. The summed E-state index contributed by atoms with van der Waals surface area (Å²) in [7, 11) is 0. The Morgan fingerprint density at radius 2 is 2.27 bits per heavy atom. The molecule has 1 aliphatic heterocycles. The molecule has 2 fully saturated rings. The van der Waals surface area contributed by atoms with Crippen LogP contribution in [0, 0.1) is 5.41 Å². The smallest absolute Gasteiger partial charge is 0.0172 e. The highest BCUT2D eigenvalue weighted by molar-refractivity contribution is 9.09. The van der Waals surface area contributed by atoms with Gasteiger partial charge in [-0.2, -0.15) is 11.8 Å². The van der Waals surface area contributed by atoms with Crippen LogP contribution in [0.1, 0.15) is 32.6 Å². The monoisotopic (exact) mass is 291 g/mol. The van der Waals surface area contributed by atoms with E-state index in [4.69, 9.17) is 0 Å². The molecule has 1 saturated carbocycles. The molecule has 0 aromatic heterocycles. The number of halogens is 1. The lowest BCUT2D eigenvalue weighted by molar-refractivity contribution is 0.0929. The highest BCUT2D eigenvalue weighted by Gasteiger charge is 2.38. The summed E-state index contributed by atoms with van der Waals surface area (Å²) < 4.78 is 0. The van der Waals surface area contributed by atoms with Crippen molar-refractivity contribution >= 4 is 27.7 Å². The molecule has 0 radical (unpaired) electrons. The number of thioether (sulfide) groups is 1. The maximum absolute atomic E-state index is 3.71. The first kappa shape index (κ1) is 12.3. The Hall–Kier alpha value is 0.790. The second-order valence-electron chi connectivity index (χ2n) is 5.12. The van der Waals surface area contributed by atoms with Crippen molar-refractivity contribution < 1.29 is 0 Å². The fourth-order valence-corrected chi connectivity index (χ4v) is 4.64. The third-order valence-corrected chi connectivity index (χ3v) is 6.50. The normalized spacial score (nSPS) is 31.2. The largest absolute Gasteiger partial charge is 0.301 e. The summed E-state index contributed by atoms with van der Waals surface area (Å²) in [5.41, 5.74) is 0.639. The predicted octanol–water partition coefficient (Wildman–Crippen LogP) is 3.38. The van der Waals surface area contributed by atoms with Gasteiger partial charge < -0.3 is 4.90 Å². The van der Waals surface area contributed by atoms with E-state index in [-0.39, 0.29) is 0 Å². The van der Waals surface area contributed by atoms with Crippen LogP contribution in [0.5, 0.6) is 0 Å². The maximum Gasteiger partial charge on any atom is 0.0172 e. The summed E-state index contributed by atoms with van der Waals surface area (Å²) in [6.45, 7) is 6.31. The van der Waals surface area contributed by atoms with Gasteiger partial charge in [-0.3, -0.25) is 0 Å². The Kier molecular flexibility index (Phi) is 4.42. The Bertz CT molecular complexity index is 200. The van der Waals surface area contributed by atoms with Crippen LogP contribution in [0.3, 0.4) is 0 Å². The third-order valence-electron chi connectivity index (χ3n) is 3.93. The van der Waals surface area contributed by atoms with Crippen LogP contribution < -0.4 is 0 Å². The summed E-state index contributed by atoms with van der Waals surface area (Å²) in [6, 6.07) is 0. The number of rotatable bonds is 4. The van der Waals surface area contributed by atoms with Crippen molar-refractivity contribution in [2.45, 2.75) is 37.9 Å². The molecule has 1 unspecified atom stereocenters. The van der Waals surface area contributed by atoms with Crippen LogP contribution >= 0.6 is 27.7 Å². The molecule has 0 bridgehead atoms. The quantitative estimate of drug-likeness (QED) is 0.731. The topological polar surface area (TPSA) is 3.24 Å².